The standard InChI is InChI=1S/C25H32ClN3O3/c1-17-12-18(2)14-20(13-17)32-16-23(30)27-19-6-7-22(21(26)15-19)28-8-10-29(11-9-28)24(31)25(3,4)5/h6-7,12-15H,8-11,16H2,1-5H3,(H,27,30). The van der Waals surface area contributed by atoms with Crippen molar-refractivity contribution in [3.63, 3.8) is 0 Å². The normalized spacial score (nSPS) is 14.3. The van der Waals surface area contributed by atoms with E-state index < -0.39 is 0 Å². The van der Waals surface area contributed by atoms with Gasteiger partial charge in [-0.05, 0) is 55.3 Å². The summed E-state index contributed by atoms with van der Waals surface area (Å²) in [5, 5.41) is 3.39. The quantitative estimate of drug-likeness (QED) is 0.708. The van der Waals surface area contributed by atoms with Crippen molar-refractivity contribution in [2.75, 3.05) is 43.0 Å². The van der Waals surface area contributed by atoms with Crippen LogP contribution in [0.5, 0.6) is 5.75 Å². The van der Waals surface area contributed by atoms with Crippen LogP contribution in [0, 0.1) is 19.3 Å². The topological polar surface area (TPSA) is 61.9 Å². The van der Waals surface area contributed by atoms with Gasteiger partial charge in [-0.2, -0.15) is 0 Å². The van der Waals surface area contributed by atoms with Crippen LogP contribution in [-0.2, 0) is 9.59 Å². The maximum atomic E-state index is 12.5. The first kappa shape index (κ1) is 23.9. The molecule has 2 aromatic carbocycles. The van der Waals surface area contributed by atoms with Crippen molar-refractivity contribution in [3.8, 4) is 5.75 Å². The lowest BCUT2D eigenvalue weighted by Gasteiger charge is -2.39. The Morgan fingerprint density at radius 2 is 1.62 bits per heavy atom. The predicted molar refractivity (Wildman–Crippen MR) is 130 cm³/mol. The number of hydrogen-bond acceptors (Lipinski definition) is 4. The fraction of sp³-hybridized carbons (Fsp3) is 0.440. The molecule has 0 radical (unpaired) electrons. The van der Waals surface area contributed by atoms with Gasteiger partial charge in [0, 0.05) is 37.3 Å². The highest BCUT2D eigenvalue weighted by atomic mass is 35.5. The van der Waals surface area contributed by atoms with Gasteiger partial charge >= 0.3 is 0 Å². The highest BCUT2D eigenvalue weighted by Crippen LogP contribution is 2.30. The molecule has 1 heterocycles. The van der Waals surface area contributed by atoms with Gasteiger partial charge in [-0.15, -0.1) is 0 Å². The number of ether oxygens (including phenoxy) is 1. The molecule has 0 spiro atoms. The number of benzene rings is 2. The molecule has 0 saturated carbocycles. The van der Waals surface area contributed by atoms with Gasteiger partial charge in [-0.3, -0.25) is 9.59 Å². The van der Waals surface area contributed by atoms with Crippen LogP contribution in [-0.4, -0.2) is 49.5 Å². The number of carbonyl (C=O) groups is 2. The van der Waals surface area contributed by atoms with Crippen molar-refractivity contribution in [2.45, 2.75) is 34.6 Å². The molecule has 2 amide bonds. The molecule has 1 aliphatic heterocycles. The average Bonchev–Trinajstić information content (AvgIpc) is 2.71. The van der Waals surface area contributed by atoms with Gasteiger partial charge in [-0.1, -0.05) is 38.4 Å². The van der Waals surface area contributed by atoms with Crippen molar-refractivity contribution in [2.24, 2.45) is 5.41 Å². The van der Waals surface area contributed by atoms with Crippen LogP contribution in [0.25, 0.3) is 0 Å². The molecule has 1 N–H and O–H groups in total. The lowest BCUT2D eigenvalue weighted by atomic mass is 9.94. The highest BCUT2D eigenvalue weighted by Gasteiger charge is 2.30. The summed E-state index contributed by atoms with van der Waals surface area (Å²) < 4.78 is 5.62. The third kappa shape index (κ3) is 6.16. The molecule has 3 rings (SSSR count). The van der Waals surface area contributed by atoms with Crippen LogP contribution in [0.1, 0.15) is 31.9 Å². The number of nitrogens with one attached hydrogen (secondary N) is 1. The van der Waals surface area contributed by atoms with E-state index in [1.807, 2.05) is 63.8 Å². The van der Waals surface area contributed by atoms with Gasteiger partial charge < -0.3 is 19.9 Å². The first-order chi connectivity index (χ1) is 15.0. The molecule has 0 atom stereocenters. The van der Waals surface area contributed by atoms with Gasteiger partial charge in [0.25, 0.3) is 5.91 Å². The van der Waals surface area contributed by atoms with E-state index in [0.717, 1.165) is 29.9 Å². The second-order valence-electron chi connectivity index (χ2n) is 9.36. The van der Waals surface area contributed by atoms with E-state index in [2.05, 4.69) is 16.3 Å². The molecule has 0 aromatic heterocycles. The minimum atomic E-state index is -0.373. The van der Waals surface area contributed by atoms with Gasteiger partial charge in [-0.25, -0.2) is 0 Å². The van der Waals surface area contributed by atoms with Gasteiger partial charge in [0.05, 0.1) is 10.7 Å². The Balaban J connectivity index is 1.55. The van der Waals surface area contributed by atoms with Crippen molar-refractivity contribution < 1.29 is 14.3 Å². The lowest BCUT2D eigenvalue weighted by Crippen LogP contribution is -2.51. The molecule has 0 bridgehead atoms. The number of carbonyl (C=O) groups excluding carboxylic acids is 2. The van der Waals surface area contributed by atoms with Crippen LogP contribution in [0.15, 0.2) is 36.4 Å². The molecule has 2 aromatic rings. The Morgan fingerprint density at radius 1 is 1.00 bits per heavy atom. The number of aryl methyl sites for hydroxylation is 2. The maximum Gasteiger partial charge on any atom is 0.262 e. The summed E-state index contributed by atoms with van der Waals surface area (Å²) in [7, 11) is 0. The summed E-state index contributed by atoms with van der Waals surface area (Å²) in [6.07, 6.45) is 0. The molecule has 32 heavy (non-hydrogen) atoms. The largest absolute Gasteiger partial charge is 0.484 e. The first-order valence-electron chi connectivity index (χ1n) is 10.9. The predicted octanol–water partition coefficient (Wildman–Crippen LogP) is 4.67. The Labute approximate surface area is 195 Å². The fourth-order valence-corrected chi connectivity index (χ4v) is 4.13. The van der Waals surface area contributed by atoms with E-state index in [4.69, 9.17) is 16.3 Å². The summed E-state index contributed by atoms with van der Waals surface area (Å²) in [5.74, 6) is 0.599. The molecular weight excluding hydrogens is 426 g/mol. The lowest BCUT2D eigenvalue weighted by molar-refractivity contribution is -0.139. The van der Waals surface area contributed by atoms with Crippen molar-refractivity contribution in [3.05, 3.63) is 52.5 Å². The summed E-state index contributed by atoms with van der Waals surface area (Å²) in [5.41, 5.74) is 3.33. The van der Waals surface area contributed by atoms with Crippen LogP contribution in [0.2, 0.25) is 5.02 Å². The van der Waals surface area contributed by atoms with Gasteiger partial charge in [0.2, 0.25) is 5.91 Å². The number of amides is 2. The number of rotatable bonds is 5. The second-order valence-corrected chi connectivity index (χ2v) is 9.76. The third-order valence-corrected chi connectivity index (χ3v) is 5.65. The van der Waals surface area contributed by atoms with Crippen molar-refractivity contribution in [1.29, 1.82) is 0 Å². The van der Waals surface area contributed by atoms with Crippen LogP contribution < -0.4 is 15.0 Å². The van der Waals surface area contributed by atoms with E-state index in [-0.39, 0.29) is 23.8 Å². The van der Waals surface area contributed by atoms with Gasteiger partial charge in [0.1, 0.15) is 5.75 Å². The molecule has 1 aliphatic rings. The number of piperazine rings is 1. The monoisotopic (exact) mass is 457 g/mol. The van der Waals surface area contributed by atoms with Crippen LogP contribution >= 0.6 is 11.6 Å². The highest BCUT2D eigenvalue weighted by molar-refractivity contribution is 6.33. The molecule has 6 nitrogen and oxygen atoms in total. The smallest absolute Gasteiger partial charge is 0.262 e. The average molecular weight is 458 g/mol. The molecule has 1 fully saturated rings. The zero-order chi connectivity index (χ0) is 23.5. The number of hydrogen-bond donors (Lipinski definition) is 1. The minimum Gasteiger partial charge on any atom is -0.484 e. The Kier molecular flexibility index (Phi) is 7.34. The zero-order valence-electron chi connectivity index (χ0n) is 19.5. The molecule has 0 aliphatic carbocycles. The van der Waals surface area contributed by atoms with Gasteiger partial charge in [0.15, 0.2) is 6.61 Å². The number of anilines is 2. The SMILES string of the molecule is Cc1cc(C)cc(OCC(=O)Nc2ccc(N3CCN(C(=O)C(C)(C)C)CC3)c(Cl)c2)c1. The minimum absolute atomic E-state index is 0.0774. The Hall–Kier alpha value is -2.73. The number of nitrogens with zero attached hydrogens (tertiary/aromatic N) is 2. The van der Waals surface area contributed by atoms with E-state index in [9.17, 15) is 9.59 Å². The second kappa shape index (κ2) is 9.82. The van der Waals surface area contributed by atoms with E-state index in [1.54, 1.807) is 6.07 Å². The Morgan fingerprint density at radius 3 is 2.19 bits per heavy atom. The van der Waals surface area contributed by atoms with E-state index >= 15 is 0 Å². The molecule has 0 unspecified atom stereocenters. The van der Waals surface area contributed by atoms with Crippen LogP contribution in [0.4, 0.5) is 11.4 Å². The van der Waals surface area contributed by atoms with Crippen molar-refractivity contribution >= 4 is 34.8 Å². The molecule has 7 heteroatoms. The molecule has 1 saturated heterocycles. The van der Waals surface area contributed by atoms with Crippen molar-refractivity contribution in [1.82, 2.24) is 4.90 Å². The number of halogens is 1. The molecule has 172 valence electrons. The summed E-state index contributed by atoms with van der Waals surface area (Å²) in [6.45, 7) is 12.5. The summed E-state index contributed by atoms with van der Waals surface area (Å²) in [6, 6.07) is 11.4. The van der Waals surface area contributed by atoms with Crippen LogP contribution in [0.3, 0.4) is 0 Å². The summed E-state index contributed by atoms with van der Waals surface area (Å²) in [4.78, 5) is 28.9. The zero-order valence-corrected chi connectivity index (χ0v) is 20.3. The molecular formula is C25H32ClN3O3. The Bertz CT molecular complexity index is 972. The van der Waals surface area contributed by atoms with E-state index in [0.29, 0.717) is 29.5 Å². The van der Waals surface area contributed by atoms with E-state index in [1.165, 1.54) is 0 Å². The summed E-state index contributed by atoms with van der Waals surface area (Å²) >= 11 is 6.52. The third-order valence-electron chi connectivity index (χ3n) is 5.35. The first-order valence-corrected chi connectivity index (χ1v) is 11.3. The maximum absolute atomic E-state index is 12.5. The fourth-order valence-electron chi connectivity index (χ4n) is 3.83.